The highest BCUT2D eigenvalue weighted by molar-refractivity contribution is 8.15. The van der Waals surface area contributed by atoms with E-state index in [0.717, 1.165) is 26.2 Å². The van der Waals surface area contributed by atoms with Gasteiger partial charge < -0.3 is 5.32 Å². The Hall–Kier alpha value is 0.930. The summed E-state index contributed by atoms with van der Waals surface area (Å²) >= 11 is 12.0. The zero-order valence-corrected chi connectivity index (χ0v) is 8.39. The van der Waals surface area contributed by atoms with Crippen LogP contribution in [-0.4, -0.2) is 37.5 Å². The molecule has 0 atom stereocenters. The molecule has 0 aromatic rings. The average molecular weight is 202 g/mol. The molecule has 2 nitrogen and oxygen atoms in total. The highest BCUT2D eigenvalue weighted by Gasteiger charge is 2.37. The molecule has 0 amide bonds. The summed E-state index contributed by atoms with van der Waals surface area (Å²) in [5, 5.41) is 3.25. The minimum Gasteiger partial charge on any atom is -0.314 e. The number of hydrogen-bond donors (Lipinski definition) is 1. The van der Waals surface area contributed by atoms with Crippen LogP contribution in [0.15, 0.2) is 0 Å². The van der Waals surface area contributed by atoms with E-state index in [4.69, 9.17) is 22.5 Å². The van der Waals surface area contributed by atoms with Crippen molar-refractivity contribution in [2.24, 2.45) is 0 Å². The lowest BCUT2D eigenvalue weighted by Crippen LogP contribution is -2.41. The molecule has 0 spiro atoms. The summed E-state index contributed by atoms with van der Waals surface area (Å²) in [6.07, 6.45) is -1.75. The third kappa shape index (κ3) is 2.52. The molecule has 1 aliphatic rings. The molecule has 1 saturated heterocycles. The molecule has 10 heavy (non-hydrogen) atoms. The van der Waals surface area contributed by atoms with Gasteiger partial charge in [-0.25, -0.2) is 0 Å². The van der Waals surface area contributed by atoms with Crippen molar-refractivity contribution in [2.75, 3.05) is 32.8 Å². The van der Waals surface area contributed by atoms with Gasteiger partial charge in [-0.1, -0.05) is 0 Å². The van der Waals surface area contributed by atoms with Crippen LogP contribution in [0.3, 0.4) is 0 Å². The monoisotopic (exact) mass is 201 g/mol. The fourth-order valence-electron chi connectivity index (χ4n) is 1.00. The molecule has 0 aromatic heterocycles. The van der Waals surface area contributed by atoms with Gasteiger partial charge in [0, 0.05) is 26.2 Å². The van der Waals surface area contributed by atoms with Gasteiger partial charge in [0.25, 0.3) is 6.12 Å². The molecule has 1 aliphatic heterocycles. The number of hydrogen-bond acceptors (Lipinski definition) is 2. The Kier molecular flexibility index (Phi) is 3.20. The lowest BCUT2D eigenvalue weighted by molar-refractivity contribution is 0.388. The fourth-order valence-corrected chi connectivity index (χ4v) is 2.81. The lowest BCUT2D eigenvalue weighted by Gasteiger charge is -2.26. The van der Waals surface area contributed by atoms with Crippen molar-refractivity contribution in [3.63, 3.8) is 0 Å². The average Bonchev–Trinajstić information content (AvgIpc) is 1.88. The van der Waals surface area contributed by atoms with Gasteiger partial charge in [0.2, 0.25) is 0 Å². The Morgan fingerprint density at radius 1 is 1.30 bits per heavy atom. The summed E-state index contributed by atoms with van der Waals surface area (Å²) in [5.41, 5.74) is 0. The van der Waals surface area contributed by atoms with Gasteiger partial charge >= 0.3 is 0 Å². The van der Waals surface area contributed by atoms with Crippen LogP contribution in [0.2, 0.25) is 0 Å². The summed E-state index contributed by atoms with van der Waals surface area (Å²) in [6.45, 7) is 5.90. The topological polar surface area (TPSA) is 15.3 Å². The number of nitrogens with zero attached hydrogens (tertiary/aromatic N) is 1. The molecule has 0 saturated carbocycles. The first kappa shape index (κ1) is 9.02. The minimum absolute atomic E-state index is 0.983. The fraction of sp³-hybridized carbons (Fsp3) is 1.00. The molecule has 1 rings (SSSR count). The standard InChI is InChI=1S/C5H12Cl2N2P/c1-10(6,7)9-4-2-8-3-5-9/h8H,2-5H2,1H3/q+1. The molecule has 0 aromatic carbocycles. The Balaban J connectivity index is 2.39. The number of rotatable bonds is 1. The molecular formula is C5H12Cl2N2P+. The predicted octanol–water partition coefficient (Wildman–Crippen LogP) is 1.76. The van der Waals surface area contributed by atoms with Crippen LogP contribution in [0.25, 0.3) is 0 Å². The SMILES string of the molecule is C[P+](Cl)(Cl)N1CCNCC1. The molecule has 1 N–H and O–H groups in total. The van der Waals surface area contributed by atoms with E-state index in [1.54, 1.807) is 0 Å². The van der Waals surface area contributed by atoms with Crippen molar-refractivity contribution >= 4 is 28.6 Å². The van der Waals surface area contributed by atoms with E-state index >= 15 is 0 Å². The van der Waals surface area contributed by atoms with Crippen LogP contribution < -0.4 is 5.32 Å². The second-order valence-electron chi connectivity index (χ2n) is 2.46. The quantitative estimate of drug-likeness (QED) is 0.651. The molecule has 0 aliphatic carbocycles. The molecule has 0 unspecified atom stereocenters. The third-order valence-corrected chi connectivity index (χ3v) is 4.27. The minimum atomic E-state index is -1.75. The zero-order chi connectivity index (χ0) is 7.61. The second kappa shape index (κ2) is 3.55. The van der Waals surface area contributed by atoms with E-state index in [0.29, 0.717) is 0 Å². The van der Waals surface area contributed by atoms with Crippen molar-refractivity contribution in [1.82, 2.24) is 9.99 Å². The maximum Gasteiger partial charge on any atom is 0.278 e. The van der Waals surface area contributed by atoms with Crippen LogP contribution >= 0.6 is 28.6 Å². The van der Waals surface area contributed by atoms with Gasteiger partial charge in [0.05, 0.1) is 6.66 Å². The van der Waals surface area contributed by atoms with Crippen molar-refractivity contribution in [3.05, 3.63) is 0 Å². The Labute approximate surface area is 71.8 Å². The molecule has 1 heterocycles. The molecule has 60 valence electrons. The maximum atomic E-state index is 5.99. The molecular weight excluding hydrogens is 190 g/mol. The van der Waals surface area contributed by atoms with Crippen LogP contribution in [0.4, 0.5) is 0 Å². The smallest absolute Gasteiger partial charge is 0.278 e. The summed E-state index contributed by atoms with van der Waals surface area (Å²) < 4.78 is 2.16. The normalized spacial score (nSPS) is 23.1. The summed E-state index contributed by atoms with van der Waals surface area (Å²) in [6, 6.07) is 0. The van der Waals surface area contributed by atoms with Gasteiger partial charge in [0.1, 0.15) is 22.5 Å². The van der Waals surface area contributed by atoms with Crippen LogP contribution in [0.1, 0.15) is 0 Å². The summed E-state index contributed by atoms with van der Waals surface area (Å²) in [4.78, 5) is 0. The van der Waals surface area contributed by atoms with Crippen molar-refractivity contribution in [3.8, 4) is 0 Å². The Morgan fingerprint density at radius 2 is 1.80 bits per heavy atom. The zero-order valence-electron chi connectivity index (χ0n) is 5.98. The van der Waals surface area contributed by atoms with Gasteiger partial charge in [-0.2, -0.15) is 0 Å². The van der Waals surface area contributed by atoms with Gasteiger partial charge in [-0.15, -0.1) is 4.67 Å². The molecule has 5 heteroatoms. The number of piperazine rings is 1. The molecule has 0 bridgehead atoms. The second-order valence-corrected chi connectivity index (χ2v) is 9.00. The van der Waals surface area contributed by atoms with E-state index in [-0.39, 0.29) is 0 Å². The van der Waals surface area contributed by atoms with E-state index in [1.807, 2.05) is 6.66 Å². The van der Waals surface area contributed by atoms with Gasteiger partial charge in [-0.3, -0.25) is 0 Å². The lowest BCUT2D eigenvalue weighted by atomic mass is 10.4. The van der Waals surface area contributed by atoms with E-state index in [2.05, 4.69) is 9.99 Å². The van der Waals surface area contributed by atoms with Crippen molar-refractivity contribution in [2.45, 2.75) is 0 Å². The van der Waals surface area contributed by atoms with E-state index in [1.165, 1.54) is 0 Å². The first-order valence-electron chi connectivity index (χ1n) is 3.32. The largest absolute Gasteiger partial charge is 0.314 e. The van der Waals surface area contributed by atoms with E-state index in [9.17, 15) is 0 Å². The maximum absolute atomic E-state index is 5.99. The Morgan fingerprint density at radius 3 is 2.10 bits per heavy atom. The first-order chi connectivity index (χ1) is 4.61. The van der Waals surface area contributed by atoms with Gasteiger partial charge in [0.15, 0.2) is 0 Å². The first-order valence-corrected chi connectivity index (χ1v) is 7.32. The van der Waals surface area contributed by atoms with Crippen LogP contribution in [0.5, 0.6) is 0 Å². The van der Waals surface area contributed by atoms with E-state index < -0.39 is 6.12 Å². The van der Waals surface area contributed by atoms with Crippen molar-refractivity contribution in [1.29, 1.82) is 0 Å². The summed E-state index contributed by atoms with van der Waals surface area (Å²) in [7, 11) is 0. The predicted molar refractivity (Wildman–Crippen MR) is 49.0 cm³/mol. The summed E-state index contributed by atoms with van der Waals surface area (Å²) in [5.74, 6) is 0. The highest BCUT2D eigenvalue weighted by atomic mass is 35.9. The number of nitrogens with one attached hydrogen (secondary N) is 1. The Bertz CT molecular complexity index is 109. The van der Waals surface area contributed by atoms with Crippen LogP contribution in [0, 0.1) is 0 Å². The number of halogens is 2. The highest BCUT2D eigenvalue weighted by Crippen LogP contribution is 2.68. The molecule has 0 radical (unpaired) electrons. The van der Waals surface area contributed by atoms with Crippen molar-refractivity contribution < 1.29 is 0 Å². The molecule has 1 fully saturated rings. The van der Waals surface area contributed by atoms with Gasteiger partial charge in [-0.05, 0) is 0 Å². The van der Waals surface area contributed by atoms with Crippen LogP contribution in [-0.2, 0) is 0 Å². The third-order valence-electron chi connectivity index (χ3n) is 1.59.